The van der Waals surface area contributed by atoms with Crippen molar-refractivity contribution >= 4 is 62.8 Å². The summed E-state index contributed by atoms with van der Waals surface area (Å²) in [6.45, 7) is 11.1. The van der Waals surface area contributed by atoms with Crippen molar-refractivity contribution in [2.24, 2.45) is 11.8 Å². The first-order valence-electron chi connectivity index (χ1n) is 12.4. The molecule has 0 saturated carbocycles. The maximum absolute atomic E-state index is 14.6. The van der Waals surface area contributed by atoms with Crippen LogP contribution in [0.15, 0.2) is 43.5 Å². The minimum absolute atomic E-state index is 0.0484. The Bertz CT molecular complexity index is 1090. The number of anilines is 1. The Hall–Kier alpha value is -1.81. The number of hydrogen-bond acceptors (Lipinski definition) is 6. The van der Waals surface area contributed by atoms with Crippen LogP contribution in [0.3, 0.4) is 0 Å². The van der Waals surface area contributed by atoms with Crippen molar-refractivity contribution in [3.05, 3.63) is 54.1 Å². The number of carbonyl (C=O) groups excluding carboxylic acids is 3. The van der Waals surface area contributed by atoms with Gasteiger partial charge in [0.15, 0.2) is 0 Å². The number of alkyl halides is 1. The van der Waals surface area contributed by atoms with Crippen LogP contribution in [0, 0.1) is 18.8 Å². The number of fused-ring (bicyclic) bond motifs is 1. The van der Waals surface area contributed by atoms with Crippen LogP contribution in [-0.4, -0.2) is 74.5 Å². The lowest BCUT2D eigenvalue weighted by Gasteiger charge is -2.40. The molecule has 0 aliphatic carbocycles. The number of para-hydroxylation sites is 1. The molecule has 3 heterocycles. The number of halogens is 2. The van der Waals surface area contributed by atoms with Crippen LogP contribution in [0.1, 0.15) is 25.3 Å². The van der Waals surface area contributed by atoms with E-state index in [1.54, 1.807) is 17.0 Å². The summed E-state index contributed by atoms with van der Waals surface area (Å²) in [6.07, 6.45) is 4.11. The van der Waals surface area contributed by atoms with E-state index in [0.29, 0.717) is 23.6 Å². The molecule has 1 N–H and O–H groups in total. The highest BCUT2D eigenvalue weighted by Gasteiger charge is 2.76. The lowest BCUT2D eigenvalue weighted by molar-refractivity contribution is -0.153. The highest BCUT2D eigenvalue weighted by atomic mass is 79.9. The second kappa shape index (κ2) is 11.1. The number of aliphatic hydroxyl groups is 1. The standard InChI is InChI=1S/C27H32BrClN2O5S/c1-5-11-30(21-15(4)9-8-10-18(21)29)25(34)23-27-13-17(28)22(37-27)19(26(35)36-12-6-2)20(27)24(33)31(23)16(7-3)14-32/h5-6,8-10,16-17,19-20,22-23,32H,1-2,7,11-14H2,3-4H3/t16-,17?,19-,20-,22-,23?,27?/m0/s1. The summed E-state index contributed by atoms with van der Waals surface area (Å²) in [6, 6.07) is 3.95. The third-order valence-electron chi connectivity index (χ3n) is 7.69. The monoisotopic (exact) mass is 610 g/mol. The molecule has 7 atom stereocenters. The number of hydrogen-bond donors (Lipinski definition) is 1. The second-order valence-corrected chi connectivity index (χ2v) is 12.8. The molecule has 0 aromatic heterocycles. The third-order valence-corrected chi connectivity index (χ3v) is 11.2. The van der Waals surface area contributed by atoms with Crippen molar-refractivity contribution < 1.29 is 24.2 Å². The van der Waals surface area contributed by atoms with E-state index < -0.39 is 34.6 Å². The van der Waals surface area contributed by atoms with E-state index in [1.165, 1.54) is 22.7 Å². The van der Waals surface area contributed by atoms with Crippen LogP contribution in [0.4, 0.5) is 5.69 Å². The summed E-state index contributed by atoms with van der Waals surface area (Å²) in [4.78, 5) is 45.0. The van der Waals surface area contributed by atoms with Gasteiger partial charge in [0.25, 0.3) is 5.91 Å². The number of aryl methyl sites for hydroxylation is 1. The Labute approximate surface area is 235 Å². The second-order valence-electron chi connectivity index (χ2n) is 9.72. The van der Waals surface area contributed by atoms with Gasteiger partial charge in [-0.05, 0) is 31.4 Å². The van der Waals surface area contributed by atoms with E-state index in [1.807, 2.05) is 26.0 Å². The third kappa shape index (κ3) is 4.45. The number of carbonyl (C=O) groups is 3. The Morgan fingerprint density at radius 2 is 2.14 bits per heavy atom. The number of amides is 2. The van der Waals surface area contributed by atoms with Gasteiger partial charge < -0.3 is 19.6 Å². The molecule has 4 rings (SSSR count). The first-order chi connectivity index (χ1) is 17.7. The predicted molar refractivity (Wildman–Crippen MR) is 150 cm³/mol. The van der Waals surface area contributed by atoms with Crippen LogP contribution >= 0.6 is 39.3 Å². The van der Waals surface area contributed by atoms with E-state index in [4.69, 9.17) is 16.3 Å². The normalized spacial score (nSPS) is 30.7. The van der Waals surface area contributed by atoms with Gasteiger partial charge in [0.05, 0.1) is 39.9 Å². The van der Waals surface area contributed by atoms with Crippen molar-refractivity contribution in [3.8, 4) is 0 Å². The lowest BCUT2D eigenvalue weighted by atomic mass is 9.71. The Balaban J connectivity index is 1.86. The van der Waals surface area contributed by atoms with Crippen LogP contribution < -0.4 is 4.90 Å². The Morgan fingerprint density at radius 1 is 1.41 bits per heavy atom. The molecule has 2 bridgehead atoms. The number of nitrogens with zero attached hydrogens (tertiary/aromatic N) is 2. The van der Waals surface area contributed by atoms with E-state index in [2.05, 4.69) is 29.1 Å². The summed E-state index contributed by atoms with van der Waals surface area (Å²) in [5.74, 6) is -2.49. The number of esters is 1. The number of aliphatic hydroxyl groups excluding tert-OH is 1. The number of likely N-dealkylation sites (tertiary alicyclic amines) is 1. The fourth-order valence-corrected chi connectivity index (χ4v) is 10.1. The summed E-state index contributed by atoms with van der Waals surface area (Å²) in [7, 11) is 0. The highest BCUT2D eigenvalue weighted by Crippen LogP contribution is 2.68. The largest absolute Gasteiger partial charge is 0.461 e. The molecule has 0 radical (unpaired) electrons. The molecule has 2 amide bonds. The summed E-state index contributed by atoms with van der Waals surface area (Å²) >= 11 is 11.8. The molecule has 1 spiro atoms. The zero-order valence-corrected chi connectivity index (χ0v) is 24.1. The molecule has 10 heteroatoms. The maximum Gasteiger partial charge on any atom is 0.311 e. The number of rotatable bonds is 10. The van der Waals surface area contributed by atoms with Gasteiger partial charge in [-0.2, -0.15) is 0 Å². The van der Waals surface area contributed by atoms with Gasteiger partial charge in [-0.25, -0.2) is 0 Å². The van der Waals surface area contributed by atoms with E-state index >= 15 is 0 Å². The molecular weight excluding hydrogens is 580 g/mol. The topological polar surface area (TPSA) is 87.1 Å². The number of benzene rings is 1. The van der Waals surface area contributed by atoms with Crippen LogP contribution in [0.25, 0.3) is 0 Å². The average Bonchev–Trinajstić information content (AvgIpc) is 3.46. The zero-order valence-electron chi connectivity index (χ0n) is 20.9. The van der Waals surface area contributed by atoms with Crippen molar-refractivity contribution in [2.45, 2.75) is 53.6 Å². The summed E-state index contributed by atoms with van der Waals surface area (Å²) in [5, 5.41) is 10.5. The van der Waals surface area contributed by atoms with Gasteiger partial charge in [0.2, 0.25) is 5.91 Å². The van der Waals surface area contributed by atoms with Gasteiger partial charge in [0.1, 0.15) is 12.6 Å². The number of thioether (sulfide) groups is 1. The molecule has 37 heavy (non-hydrogen) atoms. The van der Waals surface area contributed by atoms with Crippen LogP contribution in [0.5, 0.6) is 0 Å². The van der Waals surface area contributed by atoms with Gasteiger partial charge >= 0.3 is 5.97 Å². The lowest BCUT2D eigenvalue weighted by Crippen LogP contribution is -2.58. The first-order valence-corrected chi connectivity index (χ1v) is 14.6. The zero-order chi connectivity index (χ0) is 27.1. The van der Waals surface area contributed by atoms with Crippen LogP contribution in [-0.2, 0) is 19.1 Å². The van der Waals surface area contributed by atoms with E-state index in [0.717, 1.165) is 5.56 Å². The molecule has 3 fully saturated rings. The summed E-state index contributed by atoms with van der Waals surface area (Å²) in [5.41, 5.74) is 1.38. The van der Waals surface area contributed by atoms with Crippen molar-refractivity contribution in [3.63, 3.8) is 0 Å². The van der Waals surface area contributed by atoms with Crippen molar-refractivity contribution in [1.82, 2.24) is 4.90 Å². The van der Waals surface area contributed by atoms with Gasteiger partial charge in [-0.15, -0.1) is 18.3 Å². The molecule has 7 nitrogen and oxygen atoms in total. The van der Waals surface area contributed by atoms with Crippen molar-refractivity contribution in [2.75, 3.05) is 24.7 Å². The van der Waals surface area contributed by atoms with E-state index in [-0.39, 0.29) is 41.6 Å². The van der Waals surface area contributed by atoms with Gasteiger partial charge in [-0.3, -0.25) is 14.4 Å². The Kier molecular flexibility index (Phi) is 8.48. The molecular formula is C27H32BrClN2O5S. The fraction of sp³-hybridized carbons (Fsp3) is 0.519. The summed E-state index contributed by atoms with van der Waals surface area (Å²) < 4.78 is 4.56. The average molecular weight is 612 g/mol. The molecule has 3 aliphatic rings. The van der Waals surface area contributed by atoms with Crippen LogP contribution in [0.2, 0.25) is 5.02 Å². The molecule has 3 saturated heterocycles. The molecule has 200 valence electrons. The Morgan fingerprint density at radius 3 is 2.73 bits per heavy atom. The molecule has 1 aromatic carbocycles. The molecule has 1 aromatic rings. The van der Waals surface area contributed by atoms with E-state index in [9.17, 15) is 19.5 Å². The fourth-order valence-electron chi connectivity index (χ4n) is 6.19. The molecule has 3 unspecified atom stereocenters. The first kappa shape index (κ1) is 28.2. The SMILES string of the molecule is C=CCOC(=O)[C@H]1[C@H]2C(=O)N([C@@H](CC)CO)C(C(=O)N(CC=C)c3c(C)cccc3Cl)C23CC(Br)[C@@H]1S3. The highest BCUT2D eigenvalue weighted by molar-refractivity contribution is 9.09. The quantitative estimate of drug-likeness (QED) is 0.243. The smallest absolute Gasteiger partial charge is 0.311 e. The number of ether oxygens (including phenoxy) is 1. The minimum Gasteiger partial charge on any atom is -0.461 e. The van der Waals surface area contributed by atoms with Gasteiger partial charge in [0, 0.05) is 16.6 Å². The predicted octanol–water partition coefficient (Wildman–Crippen LogP) is 4.13. The van der Waals surface area contributed by atoms with Gasteiger partial charge in [-0.1, -0.05) is 65.3 Å². The maximum atomic E-state index is 14.6. The van der Waals surface area contributed by atoms with Crippen molar-refractivity contribution in [1.29, 1.82) is 0 Å². The minimum atomic E-state index is -0.898. The molecule has 3 aliphatic heterocycles.